The third-order valence-electron chi connectivity index (χ3n) is 5.06. The molecule has 0 saturated carbocycles. The van der Waals surface area contributed by atoms with E-state index in [-0.39, 0.29) is 5.91 Å². The van der Waals surface area contributed by atoms with Gasteiger partial charge in [-0.15, -0.1) is 10.2 Å². The number of benzene rings is 1. The Morgan fingerprint density at radius 2 is 1.93 bits per heavy atom. The topological polar surface area (TPSA) is 75.9 Å². The molecule has 4 rings (SSSR count). The molecule has 28 heavy (non-hydrogen) atoms. The summed E-state index contributed by atoms with van der Waals surface area (Å²) < 4.78 is 1.66. The summed E-state index contributed by atoms with van der Waals surface area (Å²) in [6.07, 6.45) is 5.66. The van der Waals surface area contributed by atoms with Gasteiger partial charge in [0.1, 0.15) is 24.2 Å². The molecule has 3 heterocycles. The molecule has 0 aliphatic carbocycles. The number of carbonyl (C=O) groups is 1. The second-order valence-electron chi connectivity index (χ2n) is 7.29. The van der Waals surface area contributed by atoms with Crippen LogP contribution in [0.15, 0.2) is 55.1 Å². The highest BCUT2D eigenvalue weighted by atomic mass is 16.1. The molecule has 1 fully saturated rings. The molecule has 1 atom stereocenters. The molecule has 1 aliphatic rings. The largest absolute Gasteiger partial charge is 0.371 e. The zero-order valence-corrected chi connectivity index (χ0v) is 16.0. The Bertz CT molecular complexity index is 922. The van der Waals surface area contributed by atoms with E-state index in [1.807, 2.05) is 0 Å². The zero-order chi connectivity index (χ0) is 19.3. The predicted octanol–water partition coefficient (Wildman–Crippen LogP) is 2.83. The lowest BCUT2D eigenvalue weighted by Crippen LogP contribution is -2.34. The quantitative estimate of drug-likeness (QED) is 0.741. The maximum atomic E-state index is 12.5. The van der Waals surface area contributed by atoms with Crippen LogP contribution in [0.2, 0.25) is 0 Å². The van der Waals surface area contributed by atoms with Gasteiger partial charge < -0.3 is 10.2 Å². The lowest BCUT2D eigenvalue weighted by atomic mass is 9.99. The van der Waals surface area contributed by atoms with E-state index in [4.69, 9.17) is 0 Å². The number of nitrogens with one attached hydrogen (secondary N) is 1. The summed E-state index contributed by atoms with van der Waals surface area (Å²) in [6.45, 7) is 5.01. The van der Waals surface area contributed by atoms with Crippen molar-refractivity contribution in [3.05, 3.63) is 66.4 Å². The summed E-state index contributed by atoms with van der Waals surface area (Å²) >= 11 is 0. The molecule has 0 spiro atoms. The Kier molecular flexibility index (Phi) is 5.32. The number of piperidine rings is 1. The molecule has 1 amide bonds. The van der Waals surface area contributed by atoms with Crippen molar-refractivity contribution >= 4 is 11.6 Å². The van der Waals surface area contributed by atoms with E-state index in [9.17, 15) is 4.79 Å². The monoisotopic (exact) mass is 376 g/mol. The third-order valence-corrected chi connectivity index (χ3v) is 5.06. The second-order valence-corrected chi connectivity index (χ2v) is 7.29. The fraction of sp³-hybridized carbons (Fsp3) is 0.333. The summed E-state index contributed by atoms with van der Waals surface area (Å²) in [5.74, 6) is 1.15. The fourth-order valence-corrected chi connectivity index (χ4v) is 3.53. The Hall–Kier alpha value is -3.22. The van der Waals surface area contributed by atoms with E-state index in [2.05, 4.69) is 56.6 Å². The maximum Gasteiger partial charge on any atom is 0.270 e. The summed E-state index contributed by atoms with van der Waals surface area (Å²) in [6, 6.07) is 13.7. The molecular weight excluding hydrogens is 352 g/mol. The normalized spacial score (nSPS) is 16.8. The number of nitrogens with zero attached hydrogens (tertiary/aromatic N) is 5. The van der Waals surface area contributed by atoms with Gasteiger partial charge in [0.25, 0.3) is 5.91 Å². The van der Waals surface area contributed by atoms with E-state index in [0.29, 0.717) is 18.1 Å². The number of pyridine rings is 1. The standard InChI is InChI=1S/C21H24N6O/c1-16-4-3-11-26(13-16)18-9-7-17(8-10-18)12-22-21(28)19-5-2-6-20(25-19)27-14-23-24-15-27/h2,5-10,14-16H,3-4,11-13H2,1H3,(H,22,28)/t16-/m1/s1. The molecule has 0 radical (unpaired) electrons. The van der Waals surface area contributed by atoms with Crippen LogP contribution < -0.4 is 10.2 Å². The Morgan fingerprint density at radius 3 is 2.68 bits per heavy atom. The van der Waals surface area contributed by atoms with E-state index < -0.39 is 0 Å². The van der Waals surface area contributed by atoms with Gasteiger partial charge in [-0.3, -0.25) is 9.36 Å². The summed E-state index contributed by atoms with van der Waals surface area (Å²) in [7, 11) is 0. The van der Waals surface area contributed by atoms with Crippen molar-refractivity contribution in [2.75, 3.05) is 18.0 Å². The first kappa shape index (κ1) is 18.2. The van der Waals surface area contributed by atoms with Crippen LogP contribution in [-0.2, 0) is 6.54 Å². The first-order chi connectivity index (χ1) is 13.7. The van der Waals surface area contributed by atoms with Gasteiger partial charge in [0, 0.05) is 25.3 Å². The molecule has 1 saturated heterocycles. The van der Waals surface area contributed by atoms with Crippen molar-refractivity contribution < 1.29 is 4.79 Å². The SMILES string of the molecule is C[C@@H]1CCCN(c2ccc(CNC(=O)c3cccc(-n4cnnc4)n3)cc2)C1. The lowest BCUT2D eigenvalue weighted by Gasteiger charge is -2.32. The predicted molar refractivity (Wildman–Crippen MR) is 107 cm³/mol. The molecule has 1 aliphatic heterocycles. The molecule has 2 aromatic heterocycles. The lowest BCUT2D eigenvalue weighted by molar-refractivity contribution is 0.0946. The van der Waals surface area contributed by atoms with E-state index >= 15 is 0 Å². The van der Waals surface area contributed by atoms with Gasteiger partial charge in [-0.2, -0.15) is 0 Å². The van der Waals surface area contributed by atoms with Crippen LogP contribution in [0, 0.1) is 5.92 Å². The molecule has 0 bridgehead atoms. The van der Waals surface area contributed by atoms with Crippen molar-refractivity contribution in [2.45, 2.75) is 26.3 Å². The van der Waals surface area contributed by atoms with Crippen LogP contribution in [0.4, 0.5) is 5.69 Å². The van der Waals surface area contributed by atoms with Crippen molar-refractivity contribution in [1.29, 1.82) is 0 Å². The van der Waals surface area contributed by atoms with E-state index in [1.165, 1.54) is 18.5 Å². The van der Waals surface area contributed by atoms with Gasteiger partial charge >= 0.3 is 0 Å². The first-order valence-corrected chi connectivity index (χ1v) is 9.63. The molecule has 1 N–H and O–H groups in total. The van der Waals surface area contributed by atoms with E-state index in [0.717, 1.165) is 24.6 Å². The number of aromatic nitrogens is 4. The van der Waals surface area contributed by atoms with Gasteiger partial charge in [0.15, 0.2) is 0 Å². The maximum absolute atomic E-state index is 12.5. The highest BCUT2D eigenvalue weighted by Gasteiger charge is 2.16. The molecule has 7 nitrogen and oxygen atoms in total. The summed E-state index contributed by atoms with van der Waals surface area (Å²) in [5.41, 5.74) is 2.69. The second kappa shape index (κ2) is 8.21. The Balaban J connectivity index is 1.36. The van der Waals surface area contributed by atoms with Crippen molar-refractivity contribution in [1.82, 2.24) is 25.1 Å². The summed E-state index contributed by atoms with van der Waals surface area (Å²) in [5, 5.41) is 10.5. The molecule has 0 unspecified atom stereocenters. The highest BCUT2D eigenvalue weighted by molar-refractivity contribution is 5.92. The van der Waals surface area contributed by atoms with Crippen molar-refractivity contribution in [2.24, 2.45) is 5.92 Å². The Morgan fingerprint density at radius 1 is 1.14 bits per heavy atom. The van der Waals surface area contributed by atoms with Crippen LogP contribution in [0.1, 0.15) is 35.8 Å². The molecule has 7 heteroatoms. The van der Waals surface area contributed by atoms with E-state index in [1.54, 1.807) is 35.4 Å². The number of hydrogen-bond donors (Lipinski definition) is 1. The molecule has 3 aromatic rings. The van der Waals surface area contributed by atoms with Crippen LogP contribution in [0.5, 0.6) is 0 Å². The van der Waals surface area contributed by atoms with Crippen molar-refractivity contribution in [3.63, 3.8) is 0 Å². The Labute approximate surface area is 164 Å². The molecule has 144 valence electrons. The minimum Gasteiger partial charge on any atom is -0.371 e. The minimum atomic E-state index is -0.205. The first-order valence-electron chi connectivity index (χ1n) is 9.63. The number of rotatable bonds is 5. The van der Waals surface area contributed by atoms with Gasteiger partial charge in [-0.25, -0.2) is 4.98 Å². The smallest absolute Gasteiger partial charge is 0.270 e. The number of anilines is 1. The van der Waals surface area contributed by atoms with Crippen LogP contribution in [0.3, 0.4) is 0 Å². The molecule has 1 aromatic carbocycles. The number of amides is 1. The van der Waals surface area contributed by atoms with Crippen molar-refractivity contribution in [3.8, 4) is 5.82 Å². The number of carbonyl (C=O) groups excluding carboxylic acids is 1. The van der Waals surface area contributed by atoms with Gasteiger partial charge in [-0.1, -0.05) is 25.1 Å². The van der Waals surface area contributed by atoms with Gasteiger partial charge in [-0.05, 0) is 48.6 Å². The average molecular weight is 376 g/mol. The highest BCUT2D eigenvalue weighted by Crippen LogP contribution is 2.23. The van der Waals surface area contributed by atoms with Crippen LogP contribution in [0.25, 0.3) is 5.82 Å². The minimum absolute atomic E-state index is 0.205. The van der Waals surface area contributed by atoms with Gasteiger partial charge in [0.05, 0.1) is 0 Å². The molecular formula is C21H24N6O. The van der Waals surface area contributed by atoms with Crippen LogP contribution >= 0.6 is 0 Å². The average Bonchev–Trinajstić information content (AvgIpc) is 3.27. The third kappa shape index (κ3) is 4.19. The summed E-state index contributed by atoms with van der Waals surface area (Å²) in [4.78, 5) is 19.3. The fourth-order valence-electron chi connectivity index (χ4n) is 3.53. The van der Waals surface area contributed by atoms with Crippen LogP contribution in [-0.4, -0.2) is 38.7 Å². The van der Waals surface area contributed by atoms with Gasteiger partial charge in [0.2, 0.25) is 0 Å². The zero-order valence-electron chi connectivity index (χ0n) is 16.0. The number of hydrogen-bond acceptors (Lipinski definition) is 5.